The molecule has 0 unspecified atom stereocenters. The van der Waals surface area contributed by atoms with Gasteiger partial charge in [0, 0.05) is 44.5 Å². The molecule has 1 aliphatic rings. The minimum Gasteiger partial charge on any atom is -0.378 e. The molecule has 0 saturated carbocycles. The number of likely N-dealkylation sites (tertiary alicyclic amines) is 1. The predicted octanol–water partition coefficient (Wildman–Crippen LogP) is 3.72. The molecule has 140 valence electrons. The Balaban J connectivity index is 1.45. The van der Waals surface area contributed by atoms with Gasteiger partial charge in [-0.2, -0.15) is 0 Å². The van der Waals surface area contributed by atoms with Gasteiger partial charge in [0.15, 0.2) is 0 Å². The van der Waals surface area contributed by atoms with Gasteiger partial charge < -0.3 is 14.4 Å². The zero-order valence-corrected chi connectivity index (χ0v) is 15.6. The number of imidazole rings is 1. The minimum absolute atomic E-state index is 0.0697. The summed E-state index contributed by atoms with van der Waals surface area (Å²) in [5.74, 6) is -0.182. The highest BCUT2D eigenvalue weighted by atomic mass is 19.1. The van der Waals surface area contributed by atoms with E-state index in [4.69, 9.17) is 0 Å². The Morgan fingerprint density at radius 1 is 1.11 bits per heavy atom. The van der Waals surface area contributed by atoms with Crippen LogP contribution in [0, 0.1) is 5.82 Å². The Bertz CT molecular complexity index is 956. The highest BCUT2D eigenvalue weighted by Crippen LogP contribution is 2.28. The predicted molar refractivity (Wildman–Crippen MR) is 105 cm³/mol. The summed E-state index contributed by atoms with van der Waals surface area (Å²) in [4.78, 5) is 21.1. The minimum atomic E-state index is -0.252. The average Bonchev–Trinajstić information content (AvgIpc) is 3.10. The molecule has 2 heterocycles. The molecule has 0 N–H and O–H groups in total. The number of amides is 1. The van der Waals surface area contributed by atoms with E-state index < -0.39 is 0 Å². The van der Waals surface area contributed by atoms with Crippen LogP contribution in [0.15, 0.2) is 48.8 Å². The van der Waals surface area contributed by atoms with Crippen LogP contribution in [-0.2, 0) is 0 Å². The van der Waals surface area contributed by atoms with Crippen molar-refractivity contribution in [2.75, 3.05) is 32.1 Å². The third-order valence-electron chi connectivity index (χ3n) is 5.31. The summed E-state index contributed by atoms with van der Waals surface area (Å²) >= 11 is 0. The number of halogens is 1. The molecule has 27 heavy (non-hydrogen) atoms. The zero-order valence-electron chi connectivity index (χ0n) is 15.6. The SMILES string of the molecule is CN(C)c1ccc(C(=O)N2CCC(n3cnc4ccc(F)cc43)CC2)cc1. The largest absolute Gasteiger partial charge is 0.378 e. The number of anilines is 1. The maximum Gasteiger partial charge on any atom is 0.253 e. The van der Waals surface area contributed by atoms with E-state index in [0.717, 1.165) is 29.6 Å². The van der Waals surface area contributed by atoms with Crippen molar-refractivity contribution in [3.8, 4) is 0 Å². The topological polar surface area (TPSA) is 41.4 Å². The molecule has 1 aromatic heterocycles. The van der Waals surface area contributed by atoms with Crippen molar-refractivity contribution in [2.24, 2.45) is 0 Å². The highest BCUT2D eigenvalue weighted by molar-refractivity contribution is 5.94. The molecule has 0 aliphatic carbocycles. The molecule has 0 atom stereocenters. The van der Waals surface area contributed by atoms with Crippen molar-refractivity contribution in [1.29, 1.82) is 0 Å². The van der Waals surface area contributed by atoms with Crippen LogP contribution >= 0.6 is 0 Å². The maximum absolute atomic E-state index is 13.6. The lowest BCUT2D eigenvalue weighted by atomic mass is 10.0. The molecule has 0 radical (unpaired) electrons. The van der Waals surface area contributed by atoms with Gasteiger partial charge in [-0.25, -0.2) is 9.37 Å². The summed E-state index contributed by atoms with van der Waals surface area (Å²) in [5, 5.41) is 0. The van der Waals surface area contributed by atoms with Crippen molar-refractivity contribution < 1.29 is 9.18 Å². The fourth-order valence-corrected chi connectivity index (χ4v) is 3.72. The zero-order chi connectivity index (χ0) is 19.0. The van der Waals surface area contributed by atoms with Crippen LogP contribution < -0.4 is 4.90 Å². The molecule has 3 aromatic rings. The van der Waals surface area contributed by atoms with Crippen molar-refractivity contribution in [1.82, 2.24) is 14.5 Å². The number of nitrogens with zero attached hydrogens (tertiary/aromatic N) is 4. The first-order valence-electron chi connectivity index (χ1n) is 9.21. The van der Waals surface area contributed by atoms with E-state index in [9.17, 15) is 9.18 Å². The Morgan fingerprint density at radius 3 is 2.48 bits per heavy atom. The lowest BCUT2D eigenvalue weighted by Gasteiger charge is -2.33. The van der Waals surface area contributed by atoms with Crippen LogP contribution in [0.4, 0.5) is 10.1 Å². The molecular formula is C21H23FN4O. The van der Waals surface area contributed by atoms with Gasteiger partial charge in [0.1, 0.15) is 5.82 Å². The van der Waals surface area contributed by atoms with Crippen molar-refractivity contribution in [2.45, 2.75) is 18.9 Å². The lowest BCUT2D eigenvalue weighted by Crippen LogP contribution is -2.39. The van der Waals surface area contributed by atoms with Crippen molar-refractivity contribution >= 4 is 22.6 Å². The van der Waals surface area contributed by atoms with E-state index in [-0.39, 0.29) is 17.8 Å². The molecule has 2 aromatic carbocycles. The molecule has 1 amide bonds. The molecular weight excluding hydrogens is 343 g/mol. The second-order valence-corrected chi connectivity index (χ2v) is 7.25. The van der Waals surface area contributed by atoms with Crippen LogP contribution in [0.3, 0.4) is 0 Å². The summed E-state index contributed by atoms with van der Waals surface area (Å²) in [6.45, 7) is 1.38. The number of hydrogen-bond acceptors (Lipinski definition) is 3. The van der Waals surface area contributed by atoms with E-state index in [1.807, 2.05) is 52.7 Å². The van der Waals surface area contributed by atoms with Crippen molar-refractivity contribution in [3.63, 3.8) is 0 Å². The summed E-state index contributed by atoms with van der Waals surface area (Å²) < 4.78 is 15.6. The fourth-order valence-electron chi connectivity index (χ4n) is 3.72. The highest BCUT2D eigenvalue weighted by Gasteiger charge is 2.25. The molecule has 5 nitrogen and oxygen atoms in total. The van der Waals surface area contributed by atoms with Gasteiger partial charge in [0.25, 0.3) is 5.91 Å². The van der Waals surface area contributed by atoms with Gasteiger partial charge in [-0.3, -0.25) is 4.79 Å². The summed E-state index contributed by atoms with van der Waals surface area (Å²) in [7, 11) is 3.96. The number of piperidine rings is 1. The van der Waals surface area contributed by atoms with Crippen LogP contribution in [0.2, 0.25) is 0 Å². The Kier molecular flexibility index (Phi) is 4.56. The van der Waals surface area contributed by atoms with Gasteiger partial charge in [0.2, 0.25) is 0 Å². The fraction of sp³-hybridized carbons (Fsp3) is 0.333. The van der Waals surface area contributed by atoms with E-state index >= 15 is 0 Å². The molecule has 1 saturated heterocycles. The molecule has 1 aliphatic heterocycles. The number of carbonyl (C=O) groups is 1. The number of carbonyl (C=O) groups excluding carboxylic acids is 1. The Morgan fingerprint density at radius 2 is 1.81 bits per heavy atom. The van der Waals surface area contributed by atoms with Gasteiger partial charge in [0.05, 0.1) is 17.4 Å². The number of fused-ring (bicyclic) bond motifs is 1. The standard InChI is InChI=1S/C21H23FN4O/c1-24(2)17-6-3-15(4-7-17)21(27)25-11-9-18(10-12-25)26-14-23-19-8-5-16(22)13-20(19)26/h3-8,13-14,18H,9-12H2,1-2H3. The van der Waals surface area contributed by atoms with Gasteiger partial charge in [-0.15, -0.1) is 0 Å². The third-order valence-corrected chi connectivity index (χ3v) is 5.31. The average molecular weight is 366 g/mol. The van der Waals surface area contributed by atoms with Crippen LogP contribution in [0.5, 0.6) is 0 Å². The number of rotatable bonds is 3. The first-order chi connectivity index (χ1) is 13.0. The van der Waals surface area contributed by atoms with Crippen LogP contribution in [0.1, 0.15) is 29.2 Å². The maximum atomic E-state index is 13.6. The van der Waals surface area contributed by atoms with Gasteiger partial charge in [-0.05, 0) is 55.3 Å². The van der Waals surface area contributed by atoms with Crippen molar-refractivity contribution in [3.05, 3.63) is 60.2 Å². The number of hydrogen-bond donors (Lipinski definition) is 0. The summed E-state index contributed by atoms with van der Waals surface area (Å²) in [6.07, 6.45) is 3.46. The van der Waals surface area contributed by atoms with Crippen LogP contribution in [-0.4, -0.2) is 47.5 Å². The first kappa shape index (κ1) is 17.5. The third kappa shape index (κ3) is 3.39. The second kappa shape index (κ2) is 7.02. The van der Waals surface area contributed by atoms with Crippen LogP contribution in [0.25, 0.3) is 11.0 Å². The monoisotopic (exact) mass is 366 g/mol. The number of aromatic nitrogens is 2. The molecule has 1 fully saturated rings. The second-order valence-electron chi connectivity index (χ2n) is 7.25. The Hall–Kier alpha value is -2.89. The molecule has 6 heteroatoms. The van der Waals surface area contributed by atoms with Gasteiger partial charge in [-0.1, -0.05) is 0 Å². The molecule has 0 spiro atoms. The smallest absolute Gasteiger partial charge is 0.253 e. The summed E-state index contributed by atoms with van der Waals surface area (Å²) in [6, 6.07) is 12.6. The molecule has 4 rings (SSSR count). The Labute approximate surface area is 158 Å². The van der Waals surface area contributed by atoms with E-state index in [0.29, 0.717) is 18.7 Å². The van der Waals surface area contributed by atoms with Gasteiger partial charge >= 0.3 is 0 Å². The first-order valence-corrected chi connectivity index (χ1v) is 9.21. The van der Waals surface area contributed by atoms with E-state index in [1.165, 1.54) is 12.1 Å². The summed E-state index contributed by atoms with van der Waals surface area (Å²) in [5.41, 5.74) is 3.41. The lowest BCUT2D eigenvalue weighted by molar-refractivity contribution is 0.0696. The normalized spacial score (nSPS) is 15.3. The van der Waals surface area contributed by atoms with E-state index in [2.05, 4.69) is 4.98 Å². The molecule has 0 bridgehead atoms. The van der Waals surface area contributed by atoms with E-state index in [1.54, 1.807) is 12.4 Å². The quantitative estimate of drug-likeness (QED) is 0.709. The number of benzene rings is 2.